The lowest BCUT2D eigenvalue weighted by atomic mass is 9.78. The zero-order valence-electron chi connectivity index (χ0n) is 20.8. The van der Waals surface area contributed by atoms with Crippen LogP contribution in [0.4, 0.5) is 0 Å². The Balaban J connectivity index is 1.25. The summed E-state index contributed by atoms with van der Waals surface area (Å²) in [5, 5.41) is 0. The number of hydrogen-bond acceptors (Lipinski definition) is 8. The number of halogens is 1. The van der Waals surface area contributed by atoms with E-state index < -0.39 is 58.0 Å². The third-order valence-corrected chi connectivity index (χ3v) is 10.2. The molecule has 3 saturated carbocycles. The number of benzene rings is 2. The van der Waals surface area contributed by atoms with Crippen molar-refractivity contribution >= 4 is 50.6 Å². The molecule has 0 spiro atoms. The third kappa shape index (κ3) is 4.86. The van der Waals surface area contributed by atoms with Gasteiger partial charge in [0, 0.05) is 15.4 Å². The predicted molar refractivity (Wildman–Crippen MR) is 145 cm³/mol. The third-order valence-electron chi connectivity index (χ3n) is 8.64. The van der Waals surface area contributed by atoms with E-state index in [1.54, 1.807) is 18.2 Å². The number of carbonyl (C=O) groups excluding carboxylic acids is 3. The second kappa shape index (κ2) is 10.2. The van der Waals surface area contributed by atoms with Crippen LogP contribution in [0.5, 0.6) is 5.75 Å². The van der Waals surface area contributed by atoms with Crippen LogP contribution in [0, 0.1) is 27.2 Å². The minimum Gasteiger partial charge on any atom is -0.458 e. The average Bonchev–Trinajstić information content (AvgIpc) is 3.52. The first-order valence-corrected chi connectivity index (χ1v) is 15.6. The highest BCUT2D eigenvalue weighted by molar-refractivity contribution is 14.1. The Morgan fingerprint density at radius 3 is 2.51 bits per heavy atom. The molecule has 1 heterocycles. The fourth-order valence-electron chi connectivity index (χ4n) is 7.02. The molecule has 0 radical (unpaired) electrons. The molecular formula is C28H27IO9S. The molecule has 6 atom stereocenters. The molecule has 206 valence electrons. The standard InChI is InChI=1S/C28H27IO9S/c29-16-8-4-7-15(11-16)26(30)37-24-19-13-20-23(28(32)38-25(20)24)22(19)27(31)36-17-9-10-21(39(33,34)35)18(12-17)14-5-2-1-3-6-14/h4,7-12,14,19-20,22-25H,1-3,5-6,13H2,(H,33,34,35). The first kappa shape index (κ1) is 26.7. The van der Waals surface area contributed by atoms with Crippen LogP contribution in [0.15, 0.2) is 47.4 Å². The summed E-state index contributed by atoms with van der Waals surface area (Å²) in [6, 6.07) is 11.1. The molecule has 4 aliphatic rings. The van der Waals surface area contributed by atoms with Gasteiger partial charge in [-0.15, -0.1) is 0 Å². The van der Waals surface area contributed by atoms with Gasteiger partial charge in [0.15, 0.2) is 0 Å². The Hall–Kier alpha value is -2.51. The monoisotopic (exact) mass is 666 g/mol. The van der Waals surface area contributed by atoms with Crippen molar-refractivity contribution in [2.24, 2.45) is 23.7 Å². The molecule has 4 fully saturated rings. The van der Waals surface area contributed by atoms with Crippen molar-refractivity contribution in [3.63, 3.8) is 0 Å². The van der Waals surface area contributed by atoms with Crippen molar-refractivity contribution in [3.05, 3.63) is 57.2 Å². The molecule has 9 nitrogen and oxygen atoms in total. The highest BCUT2D eigenvalue weighted by Gasteiger charge is 2.70. The summed E-state index contributed by atoms with van der Waals surface area (Å²) in [4.78, 5) is 39.0. The summed E-state index contributed by atoms with van der Waals surface area (Å²) in [6.07, 6.45) is 3.64. The number of rotatable bonds is 6. The van der Waals surface area contributed by atoms with Crippen molar-refractivity contribution < 1.29 is 41.6 Å². The van der Waals surface area contributed by atoms with Crippen LogP contribution >= 0.6 is 22.6 Å². The molecule has 6 unspecified atom stereocenters. The Kier molecular flexibility index (Phi) is 6.95. The number of fused-ring (bicyclic) bond motifs is 1. The van der Waals surface area contributed by atoms with Crippen molar-refractivity contribution in [1.82, 2.24) is 0 Å². The van der Waals surface area contributed by atoms with Crippen LogP contribution in [-0.4, -0.2) is 43.1 Å². The summed E-state index contributed by atoms with van der Waals surface area (Å²) in [5.74, 6) is -3.82. The maximum Gasteiger partial charge on any atom is 0.338 e. The van der Waals surface area contributed by atoms with Gasteiger partial charge in [-0.25, -0.2) is 4.79 Å². The van der Waals surface area contributed by atoms with E-state index in [1.807, 2.05) is 6.07 Å². The zero-order valence-corrected chi connectivity index (χ0v) is 23.8. The van der Waals surface area contributed by atoms with Crippen LogP contribution in [-0.2, 0) is 29.2 Å². The maximum absolute atomic E-state index is 13.5. The van der Waals surface area contributed by atoms with Gasteiger partial charge in [-0.2, -0.15) is 8.42 Å². The molecule has 6 rings (SSSR count). The first-order valence-electron chi connectivity index (χ1n) is 13.1. The zero-order chi connectivity index (χ0) is 27.5. The van der Waals surface area contributed by atoms with Crippen LogP contribution in [0.2, 0.25) is 0 Å². The van der Waals surface area contributed by atoms with Crippen molar-refractivity contribution in [3.8, 4) is 5.75 Å². The van der Waals surface area contributed by atoms with Gasteiger partial charge in [-0.05, 0) is 89.7 Å². The highest BCUT2D eigenvalue weighted by Crippen LogP contribution is 2.59. The second-order valence-electron chi connectivity index (χ2n) is 10.8. The smallest absolute Gasteiger partial charge is 0.338 e. The van der Waals surface area contributed by atoms with Crippen LogP contribution in [0.3, 0.4) is 0 Å². The summed E-state index contributed by atoms with van der Waals surface area (Å²) >= 11 is 2.10. The molecule has 0 aromatic heterocycles. The van der Waals surface area contributed by atoms with Gasteiger partial charge in [0.05, 0.1) is 22.3 Å². The Morgan fingerprint density at radius 1 is 1.03 bits per heavy atom. The molecule has 2 bridgehead atoms. The quantitative estimate of drug-likeness (QED) is 0.205. The topological polar surface area (TPSA) is 133 Å². The minimum atomic E-state index is -4.46. The average molecular weight is 666 g/mol. The molecule has 39 heavy (non-hydrogen) atoms. The van der Waals surface area contributed by atoms with Gasteiger partial charge >= 0.3 is 17.9 Å². The SMILES string of the molecule is O=C(OC1C2CC3C1OC(=O)C3C2C(=O)Oc1ccc(S(=O)(=O)O)c(C2CCCCC2)c1)c1cccc(I)c1. The summed E-state index contributed by atoms with van der Waals surface area (Å²) in [7, 11) is -4.46. The number of carbonyl (C=O) groups is 3. The summed E-state index contributed by atoms with van der Waals surface area (Å²) < 4.78 is 51.9. The second-order valence-corrected chi connectivity index (χ2v) is 13.5. The highest BCUT2D eigenvalue weighted by atomic mass is 127. The van der Waals surface area contributed by atoms with Gasteiger partial charge in [0.25, 0.3) is 10.1 Å². The number of hydrogen-bond donors (Lipinski definition) is 1. The molecule has 1 aliphatic heterocycles. The fourth-order valence-corrected chi connectivity index (χ4v) is 8.32. The molecule has 1 N–H and O–H groups in total. The normalized spacial score (nSPS) is 29.7. The van der Waals surface area contributed by atoms with E-state index in [0.29, 0.717) is 17.5 Å². The lowest BCUT2D eigenvalue weighted by Gasteiger charge is -2.30. The Morgan fingerprint density at radius 2 is 1.79 bits per heavy atom. The van der Waals surface area contributed by atoms with Crippen LogP contribution in [0.1, 0.15) is 60.4 Å². The van der Waals surface area contributed by atoms with E-state index >= 15 is 0 Å². The first-order chi connectivity index (χ1) is 18.6. The van der Waals surface area contributed by atoms with Crippen LogP contribution in [0.25, 0.3) is 0 Å². The molecule has 3 aliphatic carbocycles. The van der Waals surface area contributed by atoms with Crippen LogP contribution < -0.4 is 4.74 Å². The van der Waals surface area contributed by atoms with Crippen molar-refractivity contribution in [1.29, 1.82) is 0 Å². The minimum absolute atomic E-state index is 0.0766. The van der Waals surface area contributed by atoms with Gasteiger partial charge in [-0.1, -0.05) is 25.3 Å². The Labute approximate surface area is 239 Å². The van der Waals surface area contributed by atoms with Gasteiger partial charge < -0.3 is 14.2 Å². The number of ether oxygens (including phenoxy) is 3. The van der Waals surface area contributed by atoms with E-state index in [-0.39, 0.29) is 22.5 Å². The predicted octanol–water partition coefficient (Wildman–Crippen LogP) is 4.52. The van der Waals surface area contributed by atoms with E-state index in [1.165, 1.54) is 18.2 Å². The largest absolute Gasteiger partial charge is 0.458 e. The summed E-state index contributed by atoms with van der Waals surface area (Å²) in [6.45, 7) is 0. The van der Waals surface area contributed by atoms with Gasteiger partial charge in [-0.3, -0.25) is 14.1 Å². The number of esters is 3. The lowest BCUT2D eigenvalue weighted by Crippen LogP contribution is -2.44. The molecular weight excluding hydrogens is 639 g/mol. The fraction of sp³-hybridized carbons (Fsp3) is 0.464. The van der Waals surface area contributed by atoms with Gasteiger partial charge in [0.1, 0.15) is 18.0 Å². The van der Waals surface area contributed by atoms with E-state index in [2.05, 4.69) is 22.6 Å². The Bertz CT molecular complexity index is 1450. The maximum atomic E-state index is 13.5. The molecule has 2 aromatic carbocycles. The lowest BCUT2D eigenvalue weighted by molar-refractivity contribution is -0.149. The molecule has 2 aromatic rings. The molecule has 0 amide bonds. The van der Waals surface area contributed by atoms with E-state index in [0.717, 1.165) is 35.7 Å². The molecule has 11 heteroatoms. The van der Waals surface area contributed by atoms with Gasteiger partial charge in [0.2, 0.25) is 0 Å². The molecule has 1 saturated heterocycles. The van der Waals surface area contributed by atoms with Crippen molar-refractivity contribution in [2.45, 2.75) is 61.5 Å². The van der Waals surface area contributed by atoms with E-state index in [4.69, 9.17) is 14.2 Å². The van der Waals surface area contributed by atoms with E-state index in [9.17, 15) is 27.4 Å². The van der Waals surface area contributed by atoms with Crippen molar-refractivity contribution in [2.75, 3.05) is 0 Å². The summed E-state index contributed by atoms with van der Waals surface area (Å²) in [5.41, 5.74) is 0.805.